The van der Waals surface area contributed by atoms with Crippen molar-refractivity contribution in [2.45, 2.75) is 43.8 Å². The fourth-order valence-electron chi connectivity index (χ4n) is 4.07. The van der Waals surface area contributed by atoms with Gasteiger partial charge >= 0.3 is 0 Å². The lowest BCUT2D eigenvalue weighted by atomic mass is 9.95. The standard InChI is InChI=1S/C28H28Cl2N2O4S/c1-27(2,33)21-14-11-18(15-23(21)37(5,35)36)17-9-12-19(13-10-17)32-16-24(28(3,4)34)31-26(32)20-7-6-8-22(29)25(20)30/h6-16,33-34H,1-5H3. The summed E-state index contributed by atoms with van der Waals surface area (Å²) >= 11 is 12.8. The van der Waals surface area contributed by atoms with Gasteiger partial charge in [0.15, 0.2) is 9.84 Å². The Bertz CT molecular complexity index is 1580. The number of hydrogen-bond donors (Lipinski definition) is 2. The Labute approximate surface area is 227 Å². The van der Waals surface area contributed by atoms with E-state index in [2.05, 4.69) is 4.98 Å². The van der Waals surface area contributed by atoms with Gasteiger partial charge < -0.3 is 10.2 Å². The van der Waals surface area contributed by atoms with Crippen LogP contribution in [0.25, 0.3) is 28.2 Å². The van der Waals surface area contributed by atoms with Crippen molar-refractivity contribution in [1.29, 1.82) is 0 Å². The van der Waals surface area contributed by atoms with E-state index >= 15 is 0 Å². The maximum atomic E-state index is 12.5. The van der Waals surface area contributed by atoms with E-state index in [9.17, 15) is 18.6 Å². The van der Waals surface area contributed by atoms with Crippen molar-refractivity contribution in [3.8, 4) is 28.2 Å². The first-order valence-corrected chi connectivity index (χ1v) is 14.2. The molecule has 1 heterocycles. The number of sulfone groups is 1. The van der Waals surface area contributed by atoms with E-state index < -0.39 is 21.0 Å². The second-order valence-corrected chi connectivity index (χ2v) is 12.8. The molecule has 1 aromatic heterocycles. The molecule has 0 fully saturated rings. The average molecular weight is 560 g/mol. The number of benzene rings is 3. The number of aromatic nitrogens is 2. The Hall–Kier alpha value is -2.68. The van der Waals surface area contributed by atoms with Gasteiger partial charge in [-0.2, -0.15) is 0 Å². The molecule has 6 nitrogen and oxygen atoms in total. The maximum absolute atomic E-state index is 12.5. The van der Waals surface area contributed by atoms with Crippen molar-refractivity contribution in [2.75, 3.05) is 6.26 Å². The van der Waals surface area contributed by atoms with E-state index in [-0.39, 0.29) is 4.90 Å². The summed E-state index contributed by atoms with van der Waals surface area (Å²) in [5.74, 6) is 0.520. The molecule has 9 heteroatoms. The van der Waals surface area contributed by atoms with Crippen LogP contribution in [0, 0.1) is 0 Å². The molecule has 0 bridgehead atoms. The first-order chi connectivity index (χ1) is 17.1. The van der Waals surface area contributed by atoms with Crippen molar-refractivity contribution in [1.82, 2.24) is 9.55 Å². The summed E-state index contributed by atoms with van der Waals surface area (Å²) in [6, 6.07) is 17.8. The zero-order chi connectivity index (χ0) is 27.3. The van der Waals surface area contributed by atoms with E-state index in [1.54, 1.807) is 64.2 Å². The van der Waals surface area contributed by atoms with Crippen molar-refractivity contribution in [3.63, 3.8) is 0 Å². The van der Waals surface area contributed by atoms with Gasteiger partial charge in [0.1, 0.15) is 11.4 Å². The highest BCUT2D eigenvalue weighted by Crippen LogP contribution is 2.36. The third kappa shape index (κ3) is 5.61. The summed E-state index contributed by atoms with van der Waals surface area (Å²) in [4.78, 5) is 4.75. The molecule has 0 saturated heterocycles. The van der Waals surface area contributed by atoms with Gasteiger partial charge in [-0.15, -0.1) is 0 Å². The predicted octanol–water partition coefficient (Wildman–Crippen LogP) is 6.37. The van der Waals surface area contributed by atoms with E-state index in [1.807, 2.05) is 34.9 Å². The van der Waals surface area contributed by atoms with Gasteiger partial charge in [0, 0.05) is 29.3 Å². The predicted molar refractivity (Wildman–Crippen MR) is 148 cm³/mol. The van der Waals surface area contributed by atoms with Crippen molar-refractivity contribution >= 4 is 33.0 Å². The zero-order valence-corrected chi connectivity index (χ0v) is 23.4. The molecule has 0 atom stereocenters. The fourth-order valence-corrected chi connectivity index (χ4v) is 5.51. The number of nitrogens with zero attached hydrogens (tertiary/aromatic N) is 2. The fraction of sp³-hybridized carbons (Fsp3) is 0.250. The minimum absolute atomic E-state index is 0.0869. The van der Waals surface area contributed by atoms with Crippen LogP contribution in [-0.4, -0.2) is 34.4 Å². The van der Waals surface area contributed by atoms with Crippen LogP contribution in [0.5, 0.6) is 0 Å². The molecule has 37 heavy (non-hydrogen) atoms. The Kier molecular flexibility index (Phi) is 7.07. The van der Waals surface area contributed by atoms with Crippen LogP contribution in [0.3, 0.4) is 0 Å². The molecule has 0 aliphatic rings. The SMILES string of the molecule is CC(C)(O)c1cn(-c2ccc(-c3ccc(C(C)(C)O)c(S(C)(=O)=O)c3)cc2)c(-c2cccc(Cl)c2Cl)n1. The topological polar surface area (TPSA) is 92.4 Å². The molecule has 0 spiro atoms. The van der Waals surface area contributed by atoms with Crippen molar-refractivity contribution in [3.05, 3.63) is 88.2 Å². The normalized spacial score (nSPS) is 12.7. The smallest absolute Gasteiger partial charge is 0.175 e. The molecule has 3 aromatic carbocycles. The van der Waals surface area contributed by atoms with Crippen LogP contribution in [0.1, 0.15) is 39.0 Å². The lowest BCUT2D eigenvalue weighted by molar-refractivity contribution is 0.0741. The van der Waals surface area contributed by atoms with E-state index in [0.717, 1.165) is 17.5 Å². The molecule has 0 unspecified atom stereocenters. The zero-order valence-electron chi connectivity index (χ0n) is 21.1. The van der Waals surface area contributed by atoms with E-state index in [0.29, 0.717) is 38.3 Å². The van der Waals surface area contributed by atoms with E-state index in [1.165, 1.54) is 0 Å². The maximum Gasteiger partial charge on any atom is 0.175 e. The summed E-state index contributed by atoms with van der Waals surface area (Å²) in [5.41, 5.74) is 1.18. The largest absolute Gasteiger partial charge is 0.386 e. The summed E-state index contributed by atoms with van der Waals surface area (Å²) in [6.07, 6.45) is 2.88. The first kappa shape index (κ1) is 27.4. The van der Waals surface area contributed by atoms with Gasteiger partial charge in [0.2, 0.25) is 0 Å². The minimum atomic E-state index is -3.57. The highest BCUT2D eigenvalue weighted by atomic mass is 35.5. The molecule has 194 valence electrons. The number of halogens is 2. The van der Waals surface area contributed by atoms with Crippen LogP contribution in [-0.2, 0) is 21.0 Å². The van der Waals surface area contributed by atoms with Crippen molar-refractivity contribution < 1.29 is 18.6 Å². The Morgan fingerprint density at radius 2 is 1.49 bits per heavy atom. The number of rotatable bonds is 6. The number of hydrogen-bond acceptors (Lipinski definition) is 5. The Morgan fingerprint density at radius 3 is 2.05 bits per heavy atom. The molecule has 0 saturated carbocycles. The molecule has 0 aliphatic heterocycles. The summed E-state index contributed by atoms with van der Waals surface area (Å²) in [6.45, 7) is 6.43. The van der Waals surface area contributed by atoms with Crippen LogP contribution in [0.15, 0.2) is 71.8 Å². The second-order valence-electron chi connectivity index (χ2n) is 10.1. The quantitative estimate of drug-likeness (QED) is 0.286. The molecule has 0 aliphatic carbocycles. The van der Waals surface area contributed by atoms with Crippen LogP contribution < -0.4 is 0 Å². The monoisotopic (exact) mass is 558 g/mol. The molecule has 4 aromatic rings. The second kappa shape index (κ2) is 9.57. The lowest BCUT2D eigenvalue weighted by Gasteiger charge is -2.21. The van der Waals surface area contributed by atoms with Gasteiger partial charge in [-0.3, -0.25) is 4.57 Å². The number of imidazole rings is 1. The van der Waals surface area contributed by atoms with Gasteiger partial charge in [0.05, 0.1) is 26.2 Å². The molecular weight excluding hydrogens is 531 g/mol. The molecular formula is C28H28Cl2N2O4S. The third-order valence-corrected chi connectivity index (χ3v) is 8.00. The third-order valence-electron chi connectivity index (χ3n) is 6.04. The van der Waals surface area contributed by atoms with Gasteiger partial charge in [-0.1, -0.05) is 53.5 Å². The Morgan fingerprint density at radius 1 is 0.865 bits per heavy atom. The lowest BCUT2D eigenvalue weighted by Crippen LogP contribution is -2.19. The minimum Gasteiger partial charge on any atom is -0.386 e. The Balaban J connectivity index is 1.82. The molecule has 0 radical (unpaired) electrons. The van der Waals surface area contributed by atoms with Crippen LogP contribution in [0.4, 0.5) is 0 Å². The van der Waals surface area contributed by atoms with Gasteiger partial charge in [-0.05, 0) is 69.2 Å². The van der Waals surface area contributed by atoms with Crippen molar-refractivity contribution in [2.24, 2.45) is 0 Å². The summed E-state index contributed by atoms with van der Waals surface area (Å²) in [7, 11) is -3.57. The first-order valence-electron chi connectivity index (χ1n) is 11.5. The number of aliphatic hydroxyl groups is 2. The molecule has 0 amide bonds. The highest BCUT2D eigenvalue weighted by Gasteiger charge is 2.26. The van der Waals surface area contributed by atoms with Crippen LogP contribution >= 0.6 is 23.2 Å². The molecule has 4 rings (SSSR count). The van der Waals surface area contributed by atoms with Gasteiger partial charge in [-0.25, -0.2) is 13.4 Å². The summed E-state index contributed by atoms with van der Waals surface area (Å²) in [5, 5.41) is 21.8. The average Bonchev–Trinajstić information content (AvgIpc) is 3.25. The van der Waals surface area contributed by atoms with E-state index in [4.69, 9.17) is 23.2 Å². The summed E-state index contributed by atoms with van der Waals surface area (Å²) < 4.78 is 26.8. The highest BCUT2D eigenvalue weighted by molar-refractivity contribution is 7.90. The van der Waals surface area contributed by atoms with Gasteiger partial charge in [0.25, 0.3) is 0 Å². The van der Waals surface area contributed by atoms with Crippen LogP contribution in [0.2, 0.25) is 10.0 Å². The molecule has 2 N–H and O–H groups in total.